The van der Waals surface area contributed by atoms with Crippen LogP contribution in [-0.4, -0.2) is 84.6 Å². The van der Waals surface area contributed by atoms with E-state index in [-0.39, 0.29) is 137 Å². The summed E-state index contributed by atoms with van der Waals surface area (Å²) in [6.45, 7) is 17.5. The molecule has 508 valence electrons. The van der Waals surface area contributed by atoms with Gasteiger partial charge in [0.05, 0.1) is 25.4 Å². The number of nitrogens with one attached hydrogen (secondary N) is 1. The van der Waals surface area contributed by atoms with Gasteiger partial charge in [-0.25, -0.2) is 56.1 Å². The zero-order valence-electron chi connectivity index (χ0n) is 53.2. The summed E-state index contributed by atoms with van der Waals surface area (Å²) >= 11 is 5.55. The summed E-state index contributed by atoms with van der Waals surface area (Å²) in [5, 5.41) is 34.8. The quantitative estimate of drug-likeness (QED) is 0.00948. The zero-order valence-corrected chi connectivity index (χ0v) is 56.0. The Morgan fingerprint density at radius 1 is 0.535 bits per heavy atom. The molecule has 0 aromatic heterocycles. The van der Waals surface area contributed by atoms with Crippen LogP contribution in [0.25, 0.3) is 10.4 Å². The molecule has 2 unspecified atom stereocenters. The van der Waals surface area contributed by atoms with Crippen LogP contribution in [0.15, 0.2) is 200 Å². The molecule has 0 bridgehead atoms. The second kappa shape index (κ2) is 49.8. The molecule has 25 heteroatoms. The number of aliphatic hydroxyl groups is 1. The molecule has 6 radical (unpaired) electrons. The van der Waals surface area contributed by atoms with Crippen molar-refractivity contribution in [2.45, 2.75) is 66.6 Å². The third-order valence-corrected chi connectivity index (χ3v) is 12.9. The first-order valence-electron chi connectivity index (χ1n) is 28.1. The summed E-state index contributed by atoms with van der Waals surface area (Å²) in [5.41, 5.74) is 2.99. The molecule has 8 aromatic carbocycles. The van der Waals surface area contributed by atoms with Gasteiger partial charge in [-0.15, -0.1) is 0 Å². The van der Waals surface area contributed by atoms with Crippen molar-refractivity contribution in [3.05, 3.63) is 309 Å². The molecular formula is C74H69B2ClF8N5NaO8. The Labute approximate surface area is 604 Å². The van der Waals surface area contributed by atoms with Gasteiger partial charge in [-0.05, 0) is 170 Å². The second-order valence-corrected chi connectivity index (χ2v) is 20.4. The van der Waals surface area contributed by atoms with Crippen molar-refractivity contribution in [2.75, 3.05) is 26.8 Å². The second-order valence-electron chi connectivity index (χ2n) is 20.1. The number of aliphatic hydroxyl groups excluding tert-OH is 1. The van der Waals surface area contributed by atoms with Crippen molar-refractivity contribution < 1.29 is 103 Å². The average molecular weight is 1390 g/mol. The summed E-state index contributed by atoms with van der Waals surface area (Å²) in [6, 6.07) is 48.6. The number of rotatable bonds is 18. The van der Waals surface area contributed by atoms with Crippen LogP contribution in [0.4, 0.5) is 35.1 Å². The Balaban J connectivity index is -0.00000118. The van der Waals surface area contributed by atoms with E-state index in [4.69, 9.17) is 39.7 Å². The third-order valence-electron chi connectivity index (χ3n) is 12.7. The molecule has 0 amide bonds. The largest absolute Gasteiger partial charge is 1.00 e. The number of hydrogen-bond donors (Lipinski definition) is 2. The van der Waals surface area contributed by atoms with Crippen LogP contribution in [0.3, 0.4) is 0 Å². The molecule has 0 spiro atoms. The van der Waals surface area contributed by atoms with E-state index in [1.165, 1.54) is 141 Å². The number of ketones is 1. The molecule has 0 saturated carbocycles. The molecular weight excluding hydrogens is 1320 g/mol. The van der Waals surface area contributed by atoms with Gasteiger partial charge in [-0.3, -0.25) is 9.59 Å². The number of benzene rings is 8. The molecule has 99 heavy (non-hydrogen) atoms. The van der Waals surface area contributed by atoms with Crippen LogP contribution >= 0.6 is 11.8 Å². The van der Waals surface area contributed by atoms with Crippen LogP contribution in [-0.2, 0) is 28.6 Å². The molecule has 2 N–H and O–H groups in total. The minimum absolute atomic E-state index is 0. The average Bonchev–Trinajstić information content (AvgIpc) is 0.828. The Hall–Kier alpha value is -9.68. The van der Waals surface area contributed by atoms with Crippen molar-refractivity contribution in [3.63, 3.8) is 0 Å². The van der Waals surface area contributed by atoms with E-state index in [9.17, 15) is 69.9 Å². The monoisotopic (exact) mass is 1390 g/mol. The van der Waals surface area contributed by atoms with E-state index in [1.54, 1.807) is 82.3 Å². The molecule has 0 aliphatic carbocycles. The Morgan fingerprint density at radius 2 is 0.848 bits per heavy atom. The van der Waals surface area contributed by atoms with Gasteiger partial charge in [0.15, 0.2) is 11.7 Å². The molecule has 2 atom stereocenters. The third kappa shape index (κ3) is 31.6. The standard InChI is InChI=1S/C19H17F2NO2.C19H15F2NO2.C16H16ClF2NO.C13H8F2O.C4H5NO2.CN.2CH4.2B.Na/c2*1-12(2)24-19(23)17(11-22)18(13-5-3-7-15(20)9-13)14-6-4-8-16(21)10-14;17-20-9-13(10-21)16(11-3-1-5-14(18)7-11)12-4-2-6-15(19)8-12;14-11-5-1-3-9(7-11)13(16)10-4-2-6-12(15)8-10;1-5-3-4(6)7-2;1-2;;;;;/h3-10,12,17-18H,1-2H3;3-10,12H,1-2H3;1-8,13,16,20-21H,9-10H2;1-8H;3H2,2H3;;2*1H4;;;/q;;;;;-1;;;;;+1. The first-order chi connectivity index (χ1) is 45.0. The topological polar surface area (TPSA) is 204 Å². The fourth-order valence-electron chi connectivity index (χ4n) is 8.85. The Morgan fingerprint density at radius 3 is 1.11 bits per heavy atom. The molecule has 0 heterocycles. The predicted molar refractivity (Wildman–Crippen MR) is 359 cm³/mol. The van der Waals surface area contributed by atoms with Crippen LogP contribution < -0.4 is 34.4 Å². The van der Waals surface area contributed by atoms with Crippen molar-refractivity contribution in [3.8, 4) is 12.1 Å². The summed E-state index contributed by atoms with van der Waals surface area (Å²) < 4.78 is 122. The smallest absolute Gasteiger partial charge is 0.512 e. The van der Waals surface area contributed by atoms with Gasteiger partial charge in [-0.1, -0.05) is 112 Å². The van der Waals surface area contributed by atoms with Gasteiger partial charge in [0.25, 0.3) is 0 Å². The fraction of sp³-hybridized carbons (Fsp3) is 0.216. The minimum Gasteiger partial charge on any atom is -0.512 e. The van der Waals surface area contributed by atoms with Crippen LogP contribution in [0, 0.1) is 99.4 Å². The van der Waals surface area contributed by atoms with Crippen LogP contribution in [0.5, 0.6) is 0 Å². The number of esters is 3. The van der Waals surface area contributed by atoms with E-state index >= 15 is 0 Å². The number of carbonyl (C=O) groups excluding carboxylic acids is 4. The first kappa shape index (κ1) is 93.5. The maximum atomic E-state index is 13.6. The number of hydrogen-bond acceptors (Lipinski definition) is 12. The summed E-state index contributed by atoms with van der Waals surface area (Å²) in [4.78, 5) is 51.6. The van der Waals surface area contributed by atoms with E-state index in [0.29, 0.717) is 28.8 Å². The van der Waals surface area contributed by atoms with E-state index in [1.807, 2.05) is 6.07 Å². The van der Waals surface area contributed by atoms with Crippen LogP contribution in [0.1, 0.15) is 104 Å². The fourth-order valence-corrected chi connectivity index (χ4v) is 9.04. The van der Waals surface area contributed by atoms with E-state index < -0.39 is 76.9 Å². The van der Waals surface area contributed by atoms with Crippen molar-refractivity contribution >= 4 is 57.9 Å². The SMILES string of the molecule is C.C.CC(C)OC(=O)C(C#N)=C(c1cccc(F)c1)c1cccc(F)c1.CC(C)OC(=O)C(C#N)C(c1cccc(F)c1)c1cccc(F)c1.O=C(c1cccc(F)c1)c1cccc(F)c1.OCC(CNCl)C(c1cccc(F)c1)c1cccc(F)c1.[B].[B].[C-]#N.[C-]#[N+]CC(=O)OC.[Na+]. The number of halogens is 9. The van der Waals surface area contributed by atoms with Crippen molar-refractivity contribution in [1.29, 1.82) is 15.8 Å². The van der Waals surface area contributed by atoms with Crippen molar-refractivity contribution in [1.82, 2.24) is 4.84 Å². The minimum atomic E-state index is -1.21. The zero-order chi connectivity index (χ0) is 69.9. The summed E-state index contributed by atoms with van der Waals surface area (Å²) in [5.74, 6) is -8.88. The molecule has 8 rings (SSSR count). The maximum absolute atomic E-state index is 13.6. The van der Waals surface area contributed by atoms with Gasteiger partial charge in [0.2, 0.25) is 0 Å². The van der Waals surface area contributed by atoms with Crippen molar-refractivity contribution in [2.24, 2.45) is 11.8 Å². The van der Waals surface area contributed by atoms with Gasteiger partial charge in [0, 0.05) is 64.4 Å². The van der Waals surface area contributed by atoms with Gasteiger partial charge in [-0.2, -0.15) is 10.5 Å². The molecule has 8 aromatic rings. The Bertz CT molecular complexity index is 3840. The number of nitrogens with zero attached hydrogens (tertiary/aromatic N) is 4. The Kier molecular flexibility index (Phi) is 47.0. The van der Waals surface area contributed by atoms with Gasteiger partial charge >= 0.3 is 54.0 Å². The summed E-state index contributed by atoms with van der Waals surface area (Å²) in [6.07, 6.45) is -0.823. The van der Waals surface area contributed by atoms with E-state index in [0.717, 1.165) is 12.1 Å². The number of ether oxygens (including phenoxy) is 3. The number of carbonyl (C=O) groups is 4. The maximum Gasteiger partial charge on any atom is 1.00 e. The van der Waals surface area contributed by atoms with Gasteiger partial charge in [0.1, 0.15) is 58.2 Å². The van der Waals surface area contributed by atoms with Gasteiger partial charge < -0.3 is 36.0 Å². The predicted octanol–water partition coefficient (Wildman–Crippen LogP) is 12.8. The van der Waals surface area contributed by atoms with Crippen LogP contribution in [0.2, 0.25) is 0 Å². The molecule has 0 aliphatic rings. The molecule has 0 aliphatic heterocycles. The molecule has 0 saturated heterocycles. The number of methoxy groups -OCH3 is 1. The normalized spacial score (nSPS) is 10.2. The number of nitriles is 2. The molecule has 13 nitrogen and oxygen atoms in total. The van der Waals surface area contributed by atoms with E-state index in [2.05, 4.69) is 14.4 Å². The summed E-state index contributed by atoms with van der Waals surface area (Å²) in [7, 11) is 1.26. The first-order valence-corrected chi connectivity index (χ1v) is 28.5. The molecule has 0 fully saturated rings.